The van der Waals surface area contributed by atoms with Crippen LogP contribution in [0.5, 0.6) is 5.75 Å². The number of rotatable bonds is 5. The Morgan fingerprint density at radius 1 is 1.09 bits per heavy atom. The van der Waals surface area contributed by atoms with Crippen LogP contribution in [0.25, 0.3) is 11.1 Å². The van der Waals surface area contributed by atoms with Gasteiger partial charge in [0.05, 0.1) is 30.3 Å². The standard InChI is InChI=1S/C26H26F3N5O/c1-14-5-6-16(13-30)7-20(14)21-11-22(23(32)12-24(21)35-4)25(33-3)34-15(2)17-8-18(26(27,28)29)10-19(31)9-17/h5-12,15H,31-32H2,1-4H3,(H,33,34). The van der Waals surface area contributed by atoms with Crippen molar-refractivity contribution < 1.29 is 17.9 Å². The van der Waals surface area contributed by atoms with Gasteiger partial charge in [-0.3, -0.25) is 4.99 Å². The van der Waals surface area contributed by atoms with E-state index < -0.39 is 17.8 Å². The average Bonchev–Trinajstić information content (AvgIpc) is 2.82. The first-order valence-electron chi connectivity index (χ1n) is 10.7. The van der Waals surface area contributed by atoms with Crippen molar-refractivity contribution in [3.63, 3.8) is 0 Å². The first-order valence-corrected chi connectivity index (χ1v) is 10.7. The van der Waals surface area contributed by atoms with Gasteiger partial charge in [-0.05, 0) is 66.9 Å². The molecule has 0 radical (unpaired) electrons. The van der Waals surface area contributed by atoms with Crippen molar-refractivity contribution in [3.05, 3.63) is 76.3 Å². The molecule has 1 unspecified atom stereocenters. The molecule has 0 saturated carbocycles. The van der Waals surface area contributed by atoms with E-state index in [1.165, 1.54) is 13.2 Å². The van der Waals surface area contributed by atoms with Crippen LogP contribution in [-0.2, 0) is 6.18 Å². The highest BCUT2D eigenvalue weighted by Gasteiger charge is 2.31. The number of amidine groups is 1. The van der Waals surface area contributed by atoms with E-state index in [0.717, 1.165) is 23.3 Å². The lowest BCUT2D eigenvalue weighted by atomic mass is 9.94. The maximum Gasteiger partial charge on any atom is 0.416 e. The van der Waals surface area contributed by atoms with Crippen LogP contribution in [0.3, 0.4) is 0 Å². The molecule has 0 aliphatic carbocycles. The van der Waals surface area contributed by atoms with Crippen LogP contribution in [0, 0.1) is 18.3 Å². The van der Waals surface area contributed by atoms with Crippen molar-refractivity contribution in [2.45, 2.75) is 26.1 Å². The number of halogens is 3. The molecule has 0 spiro atoms. The van der Waals surface area contributed by atoms with Gasteiger partial charge >= 0.3 is 6.18 Å². The van der Waals surface area contributed by atoms with Gasteiger partial charge in [0.25, 0.3) is 0 Å². The number of nitrogens with zero attached hydrogens (tertiary/aromatic N) is 2. The van der Waals surface area contributed by atoms with E-state index in [2.05, 4.69) is 16.4 Å². The van der Waals surface area contributed by atoms with Crippen molar-refractivity contribution in [2.24, 2.45) is 4.99 Å². The minimum absolute atomic E-state index is 0.0116. The van der Waals surface area contributed by atoms with E-state index in [1.807, 2.05) is 13.0 Å². The molecule has 3 aromatic rings. The normalized spacial score (nSPS) is 12.7. The fourth-order valence-electron chi connectivity index (χ4n) is 3.80. The van der Waals surface area contributed by atoms with Crippen molar-refractivity contribution in [1.82, 2.24) is 5.32 Å². The van der Waals surface area contributed by atoms with E-state index in [0.29, 0.717) is 39.5 Å². The Kier molecular flexibility index (Phi) is 7.25. The topological polar surface area (TPSA) is 109 Å². The summed E-state index contributed by atoms with van der Waals surface area (Å²) in [5, 5.41) is 12.5. The lowest BCUT2D eigenvalue weighted by Gasteiger charge is -2.21. The molecule has 6 nitrogen and oxygen atoms in total. The van der Waals surface area contributed by atoms with Crippen molar-refractivity contribution in [1.29, 1.82) is 5.26 Å². The maximum atomic E-state index is 13.3. The number of nitrogen functional groups attached to an aromatic ring is 2. The number of aryl methyl sites for hydroxylation is 1. The van der Waals surface area contributed by atoms with E-state index in [9.17, 15) is 18.4 Å². The lowest BCUT2D eigenvalue weighted by molar-refractivity contribution is -0.137. The molecule has 0 aromatic heterocycles. The van der Waals surface area contributed by atoms with E-state index >= 15 is 0 Å². The predicted molar refractivity (Wildman–Crippen MR) is 132 cm³/mol. The molecule has 3 aromatic carbocycles. The van der Waals surface area contributed by atoms with Gasteiger partial charge in [-0.2, -0.15) is 18.4 Å². The van der Waals surface area contributed by atoms with Gasteiger partial charge in [0.1, 0.15) is 11.6 Å². The number of nitrogens with two attached hydrogens (primary N) is 2. The van der Waals surface area contributed by atoms with E-state index in [-0.39, 0.29) is 5.69 Å². The Bertz CT molecular complexity index is 1330. The molecule has 0 amide bonds. The van der Waals surface area contributed by atoms with Gasteiger partial charge in [-0.15, -0.1) is 0 Å². The van der Waals surface area contributed by atoms with Crippen molar-refractivity contribution in [3.8, 4) is 22.9 Å². The Morgan fingerprint density at radius 2 is 1.80 bits per heavy atom. The molecule has 9 heteroatoms. The largest absolute Gasteiger partial charge is 0.496 e. The third-order valence-corrected chi connectivity index (χ3v) is 5.67. The molecule has 5 N–H and O–H groups in total. The van der Waals surface area contributed by atoms with E-state index in [4.69, 9.17) is 16.2 Å². The second-order valence-corrected chi connectivity index (χ2v) is 8.11. The zero-order chi connectivity index (χ0) is 25.9. The van der Waals surface area contributed by atoms with Gasteiger partial charge < -0.3 is 21.5 Å². The molecule has 0 saturated heterocycles. The van der Waals surface area contributed by atoms with Gasteiger partial charge in [-0.1, -0.05) is 6.07 Å². The van der Waals surface area contributed by atoms with Crippen LogP contribution in [0.15, 0.2) is 53.5 Å². The number of alkyl halides is 3. The number of hydrogen-bond donors (Lipinski definition) is 3. The van der Waals surface area contributed by atoms with Crippen molar-refractivity contribution in [2.75, 3.05) is 25.6 Å². The quantitative estimate of drug-likeness (QED) is 0.255. The second kappa shape index (κ2) is 9.97. The summed E-state index contributed by atoms with van der Waals surface area (Å²) in [6.45, 7) is 3.63. The lowest BCUT2D eigenvalue weighted by Crippen LogP contribution is -2.28. The van der Waals surface area contributed by atoms with Crippen LogP contribution in [0.1, 0.15) is 40.8 Å². The Balaban J connectivity index is 2.05. The summed E-state index contributed by atoms with van der Waals surface area (Å²) in [5.74, 6) is 0.891. The minimum atomic E-state index is -4.52. The summed E-state index contributed by atoms with van der Waals surface area (Å²) >= 11 is 0. The SMILES string of the molecule is CN=C(NC(C)c1cc(N)cc(C(F)(F)F)c1)c1cc(-c2cc(C#N)ccc2C)c(OC)cc1N. The summed E-state index contributed by atoms with van der Waals surface area (Å²) in [5.41, 5.74) is 15.4. The fourth-order valence-corrected chi connectivity index (χ4v) is 3.80. The molecule has 0 heterocycles. The Hall–Kier alpha value is -4.19. The number of hydrogen-bond acceptors (Lipinski definition) is 5. The molecule has 3 rings (SSSR count). The summed E-state index contributed by atoms with van der Waals surface area (Å²) in [7, 11) is 3.08. The Morgan fingerprint density at radius 3 is 2.40 bits per heavy atom. The molecule has 0 aliphatic heterocycles. The number of nitrogens with one attached hydrogen (secondary N) is 1. The van der Waals surface area contributed by atoms with Crippen LogP contribution in [0.4, 0.5) is 24.5 Å². The van der Waals surface area contributed by atoms with Gasteiger partial charge in [0.2, 0.25) is 0 Å². The molecule has 0 fully saturated rings. The smallest absolute Gasteiger partial charge is 0.416 e. The zero-order valence-corrected chi connectivity index (χ0v) is 19.8. The maximum absolute atomic E-state index is 13.3. The summed E-state index contributed by atoms with van der Waals surface area (Å²) in [6.07, 6.45) is -4.52. The van der Waals surface area contributed by atoms with Crippen molar-refractivity contribution >= 4 is 17.2 Å². The number of aliphatic imine (C=N–C) groups is 1. The molecular formula is C26H26F3N5O. The zero-order valence-electron chi connectivity index (χ0n) is 19.8. The number of anilines is 2. The number of nitriles is 1. The summed E-state index contributed by atoms with van der Waals surface area (Å²) < 4.78 is 45.4. The first-order chi connectivity index (χ1) is 16.5. The Labute approximate surface area is 202 Å². The monoisotopic (exact) mass is 481 g/mol. The molecule has 0 bridgehead atoms. The number of ether oxygens (including phenoxy) is 1. The summed E-state index contributed by atoms with van der Waals surface area (Å²) in [4.78, 5) is 4.30. The third-order valence-electron chi connectivity index (χ3n) is 5.67. The number of benzene rings is 3. The van der Waals surface area contributed by atoms with E-state index in [1.54, 1.807) is 38.2 Å². The predicted octanol–water partition coefficient (Wildman–Crippen LogP) is 5.45. The molecule has 182 valence electrons. The molecule has 35 heavy (non-hydrogen) atoms. The first kappa shape index (κ1) is 25.4. The highest BCUT2D eigenvalue weighted by Crippen LogP contribution is 2.37. The second-order valence-electron chi connectivity index (χ2n) is 8.11. The minimum Gasteiger partial charge on any atom is -0.496 e. The highest BCUT2D eigenvalue weighted by atomic mass is 19.4. The average molecular weight is 482 g/mol. The molecule has 1 atom stereocenters. The summed E-state index contributed by atoms with van der Waals surface area (Å²) in [6, 6.07) is 13.8. The third kappa shape index (κ3) is 5.49. The van der Waals surface area contributed by atoms with Crippen LogP contribution in [-0.4, -0.2) is 20.0 Å². The van der Waals surface area contributed by atoms with Gasteiger partial charge in [-0.25, -0.2) is 0 Å². The van der Waals surface area contributed by atoms with Crippen LogP contribution < -0.4 is 21.5 Å². The fraction of sp³-hybridized carbons (Fsp3) is 0.231. The highest BCUT2D eigenvalue weighted by molar-refractivity contribution is 6.05. The number of methoxy groups -OCH3 is 1. The van der Waals surface area contributed by atoms with Gasteiger partial charge in [0.15, 0.2) is 0 Å². The molecule has 0 aliphatic rings. The van der Waals surface area contributed by atoms with Crippen LogP contribution in [0.2, 0.25) is 0 Å². The van der Waals surface area contributed by atoms with Crippen LogP contribution >= 0.6 is 0 Å². The molecular weight excluding hydrogens is 455 g/mol. The van der Waals surface area contributed by atoms with Gasteiger partial charge in [0, 0.05) is 35.6 Å².